The lowest BCUT2D eigenvalue weighted by Crippen LogP contribution is -2.31. The van der Waals surface area contributed by atoms with Gasteiger partial charge in [-0.3, -0.25) is 0 Å². The molecule has 1 N–H and O–H groups in total. The average molecular weight is 277 g/mol. The van der Waals surface area contributed by atoms with E-state index in [1.165, 1.54) is 19.3 Å². The molecule has 20 heavy (non-hydrogen) atoms. The van der Waals surface area contributed by atoms with Crippen molar-refractivity contribution in [1.29, 1.82) is 0 Å². The maximum absolute atomic E-state index is 5.73. The van der Waals surface area contributed by atoms with Gasteiger partial charge in [-0.05, 0) is 44.2 Å². The summed E-state index contributed by atoms with van der Waals surface area (Å²) < 4.78 is 11.3. The molecule has 112 valence electrons. The van der Waals surface area contributed by atoms with Gasteiger partial charge in [0.05, 0.1) is 18.9 Å². The van der Waals surface area contributed by atoms with Crippen LogP contribution in [0.4, 0.5) is 5.69 Å². The molecule has 1 aliphatic rings. The molecule has 0 aliphatic heterocycles. The Balaban J connectivity index is 2.20. The minimum atomic E-state index is 0.338. The summed E-state index contributed by atoms with van der Waals surface area (Å²) in [6, 6.07) is 6.53. The van der Waals surface area contributed by atoms with Gasteiger partial charge in [0.2, 0.25) is 0 Å². The van der Waals surface area contributed by atoms with Gasteiger partial charge in [-0.2, -0.15) is 0 Å². The Morgan fingerprint density at radius 1 is 1.20 bits per heavy atom. The normalized spacial score (nSPS) is 20.7. The maximum Gasteiger partial charge on any atom is 0.142 e. The molecule has 0 aromatic heterocycles. The summed E-state index contributed by atoms with van der Waals surface area (Å²) in [5.74, 6) is 1.81. The molecular weight excluding hydrogens is 250 g/mol. The van der Waals surface area contributed by atoms with E-state index in [9.17, 15) is 0 Å². The zero-order valence-electron chi connectivity index (χ0n) is 13.2. The summed E-state index contributed by atoms with van der Waals surface area (Å²) in [6.07, 6.45) is 3.79. The minimum Gasteiger partial charge on any atom is -0.494 e. The first-order valence-corrected chi connectivity index (χ1v) is 7.73. The topological polar surface area (TPSA) is 30.5 Å². The lowest BCUT2D eigenvalue weighted by Gasteiger charge is -2.29. The van der Waals surface area contributed by atoms with Gasteiger partial charge in [0.15, 0.2) is 0 Å². The van der Waals surface area contributed by atoms with Crippen LogP contribution in [0.25, 0.3) is 0 Å². The number of nitrogens with one attached hydrogen (secondary N) is 1. The molecule has 0 radical (unpaired) electrons. The highest BCUT2D eigenvalue weighted by molar-refractivity contribution is 5.60. The van der Waals surface area contributed by atoms with Crippen molar-refractivity contribution in [2.75, 3.05) is 18.5 Å². The third-order valence-corrected chi connectivity index (χ3v) is 4.15. The van der Waals surface area contributed by atoms with Crippen LogP contribution in [0.2, 0.25) is 0 Å². The second-order valence-corrected chi connectivity index (χ2v) is 6.10. The molecule has 2 rings (SSSR count). The van der Waals surface area contributed by atoms with Crippen molar-refractivity contribution in [3.05, 3.63) is 18.2 Å². The Hall–Kier alpha value is -1.38. The summed E-state index contributed by atoms with van der Waals surface area (Å²) in [7, 11) is 0. The summed E-state index contributed by atoms with van der Waals surface area (Å²) >= 11 is 0. The number of rotatable bonds is 6. The van der Waals surface area contributed by atoms with Crippen molar-refractivity contribution < 1.29 is 9.47 Å². The van der Waals surface area contributed by atoms with E-state index >= 15 is 0 Å². The highest BCUT2D eigenvalue weighted by Crippen LogP contribution is 2.41. The zero-order valence-corrected chi connectivity index (χ0v) is 13.2. The maximum atomic E-state index is 5.73. The molecule has 0 amide bonds. The molecule has 1 aromatic carbocycles. The van der Waals surface area contributed by atoms with Crippen LogP contribution < -0.4 is 14.8 Å². The molecule has 0 bridgehead atoms. The molecule has 1 aromatic rings. The van der Waals surface area contributed by atoms with E-state index in [0.717, 1.165) is 17.2 Å². The molecule has 1 atom stereocenters. The van der Waals surface area contributed by atoms with Crippen molar-refractivity contribution in [1.82, 2.24) is 0 Å². The third-order valence-electron chi connectivity index (χ3n) is 4.15. The van der Waals surface area contributed by atoms with Crippen LogP contribution in [0.15, 0.2) is 18.2 Å². The Labute approximate surface area is 122 Å². The molecule has 0 heterocycles. The quantitative estimate of drug-likeness (QED) is 0.832. The molecule has 1 aliphatic carbocycles. The summed E-state index contributed by atoms with van der Waals surface area (Å²) in [4.78, 5) is 0. The van der Waals surface area contributed by atoms with Gasteiger partial charge in [-0.25, -0.2) is 0 Å². The Bertz CT molecular complexity index is 443. The predicted octanol–water partition coefficient (Wildman–Crippen LogP) is 4.47. The molecule has 3 nitrogen and oxygen atoms in total. The first-order chi connectivity index (χ1) is 9.56. The van der Waals surface area contributed by atoms with Gasteiger partial charge in [0, 0.05) is 12.1 Å². The minimum absolute atomic E-state index is 0.338. The molecule has 0 saturated heterocycles. The highest BCUT2D eigenvalue weighted by Gasteiger charge is 2.34. The highest BCUT2D eigenvalue weighted by atomic mass is 16.5. The number of hydrogen-bond acceptors (Lipinski definition) is 3. The van der Waals surface area contributed by atoms with Crippen LogP contribution in [0.3, 0.4) is 0 Å². The van der Waals surface area contributed by atoms with Crippen LogP contribution in [-0.2, 0) is 0 Å². The van der Waals surface area contributed by atoms with E-state index in [2.05, 4.69) is 25.2 Å². The van der Waals surface area contributed by atoms with Crippen molar-refractivity contribution in [2.24, 2.45) is 5.41 Å². The van der Waals surface area contributed by atoms with E-state index < -0.39 is 0 Å². The first-order valence-electron chi connectivity index (χ1n) is 7.73. The molecule has 3 heteroatoms. The SMILES string of the molecule is CCOc1ccc(OCC)c(NC2CCCC2(C)C)c1. The molecule has 0 spiro atoms. The fourth-order valence-electron chi connectivity index (χ4n) is 2.94. The van der Waals surface area contributed by atoms with Gasteiger partial charge in [-0.15, -0.1) is 0 Å². The summed E-state index contributed by atoms with van der Waals surface area (Å²) in [5.41, 5.74) is 1.39. The van der Waals surface area contributed by atoms with Gasteiger partial charge >= 0.3 is 0 Å². The average Bonchev–Trinajstić information content (AvgIpc) is 2.72. The smallest absolute Gasteiger partial charge is 0.142 e. The Morgan fingerprint density at radius 3 is 2.55 bits per heavy atom. The zero-order chi connectivity index (χ0) is 14.6. The van der Waals surface area contributed by atoms with Crippen molar-refractivity contribution >= 4 is 5.69 Å². The number of ether oxygens (including phenoxy) is 2. The standard InChI is InChI=1S/C17H27NO2/c1-5-19-13-9-10-15(20-6-2)14(12-13)18-16-8-7-11-17(16,3)4/h9-10,12,16,18H,5-8,11H2,1-4H3. The second kappa shape index (κ2) is 6.38. The summed E-state index contributed by atoms with van der Waals surface area (Å²) in [6.45, 7) is 10.1. The number of benzene rings is 1. The van der Waals surface area contributed by atoms with Gasteiger partial charge in [-0.1, -0.05) is 20.3 Å². The molecule has 1 fully saturated rings. The van der Waals surface area contributed by atoms with E-state index in [4.69, 9.17) is 9.47 Å². The molecule has 1 saturated carbocycles. The lowest BCUT2D eigenvalue weighted by molar-refractivity contribution is 0.327. The van der Waals surface area contributed by atoms with Crippen LogP contribution in [0, 0.1) is 5.41 Å². The van der Waals surface area contributed by atoms with Gasteiger partial charge in [0.25, 0.3) is 0 Å². The largest absolute Gasteiger partial charge is 0.494 e. The van der Waals surface area contributed by atoms with E-state index in [1.807, 2.05) is 26.0 Å². The van der Waals surface area contributed by atoms with E-state index in [1.54, 1.807) is 0 Å². The molecule has 1 unspecified atom stereocenters. The fourth-order valence-corrected chi connectivity index (χ4v) is 2.94. The van der Waals surface area contributed by atoms with Crippen LogP contribution in [-0.4, -0.2) is 19.3 Å². The van der Waals surface area contributed by atoms with Crippen LogP contribution in [0.5, 0.6) is 11.5 Å². The van der Waals surface area contributed by atoms with Crippen molar-refractivity contribution in [3.8, 4) is 11.5 Å². The monoisotopic (exact) mass is 277 g/mol. The second-order valence-electron chi connectivity index (χ2n) is 6.10. The Morgan fingerprint density at radius 2 is 1.95 bits per heavy atom. The summed E-state index contributed by atoms with van der Waals surface area (Å²) in [5, 5.41) is 3.68. The first kappa shape index (κ1) is 15.0. The van der Waals surface area contributed by atoms with Crippen molar-refractivity contribution in [2.45, 2.75) is 53.0 Å². The van der Waals surface area contributed by atoms with E-state index in [-0.39, 0.29) is 0 Å². The fraction of sp³-hybridized carbons (Fsp3) is 0.647. The number of anilines is 1. The van der Waals surface area contributed by atoms with Crippen LogP contribution >= 0.6 is 0 Å². The number of hydrogen-bond donors (Lipinski definition) is 1. The third kappa shape index (κ3) is 3.38. The predicted molar refractivity (Wildman–Crippen MR) is 83.8 cm³/mol. The van der Waals surface area contributed by atoms with Gasteiger partial charge < -0.3 is 14.8 Å². The lowest BCUT2D eigenvalue weighted by atomic mass is 9.87. The molecular formula is C17H27NO2. The Kier molecular flexibility index (Phi) is 4.79. The van der Waals surface area contributed by atoms with Crippen LogP contribution in [0.1, 0.15) is 47.0 Å². The van der Waals surface area contributed by atoms with Gasteiger partial charge in [0.1, 0.15) is 11.5 Å². The van der Waals surface area contributed by atoms with E-state index in [0.29, 0.717) is 24.7 Å². The van der Waals surface area contributed by atoms with Crippen molar-refractivity contribution in [3.63, 3.8) is 0 Å².